The molecule has 0 aromatic heterocycles. The van der Waals surface area contributed by atoms with E-state index in [2.05, 4.69) is 8.67 Å². The van der Waals surface area contributed by atoms with Crippen LogP contribution in [0.25, 0.3) is 0 Å². The molecule has 0 fully saturated rings. The van der Waals surface area contributed by atoms with Crippen molar-refractivity contribution in [3.8, 4) is 0 Å². The van der Waals surface area contributed by atoms with Gasteiger partial charge in [0.05, 0.1) is 0 Å². The van der Waals surface area contributed by atoms with Crippen LogP contribution in [0.3, 0.4) is 0 Å². The quantitative estimate of drug-likeness (QED) is 0.124. The molecule has 0 amide bonds. The molecule has 0 spiro atoms. The average molecular weight is 336 g/mol. The predicted molar refractivity (Wildman–Crippen MR) is 35.0 cm³/mol. The minimum absolute atomic E-state index is 0. The summed E-state index contributed by atoms with van der Waals surface area (Å²) < 4.78 is 84.3. The molecule has 16 heteroatoms. The number of rotatable bonds is 3. The number of hydrogen-bond acceptors (Lipinski definition) is 9. The molecule has 0 aliphatic heterocycles. The van der Waals surface area contributed by atoms with E-state index >= 15 is 0 Å². The summed E-state index contributed by atoms with van der Waals surface area (Å²) in [5, 5.41) is 0. The van der Waals surface area contributed by atoms with Crippen molar-refractivity contribution in [2.45, 2.75) is 0 Å². The first kappa shape index (κ1) is 26.9. The molecular weight excluding hydrogens is 334 g/mol. The van der Waals surface area contributed by atoms with Crippen LogP contribution < -0.4 is 80.9 Å². The van der Waals surface area contributed by atoms with Crippen LogP contribution >= 0.6 is 0 Å². The molecule has 2 N–H and O–H groups in total. The van der Waals surface area contributed by atoms with Gasteiger partial charge in [-0.2, -0.15) is 4.21 Å². The summed E-state index contributed by atoms with van der Waals surface area (Å²) in [6, 6.07) is 0. The molecule has 0 atom stereocenters. The van der Waals surface area contributed by atoms with E-state index in [-0.39, 0.29) is 80.9 Å². The van der Waals surface area contributed by atoms with Gasteiger partial charge in [-0.3, -0.25) is 9.11 Å². The Morgan fingerprint density at radius 3 is 1.12 bits per heavy atom. The second-order valence-electron chi connectivity index (χ2n) is 1.18. The van der Waals surface area contributed by atoms with Crippen molar-refractivity contribution in [3.63, 3.8) is 0 Å². The van der Waals surface area contributed by atoms with Crippen molar-refractivity contribution in [3.05, 3.63) is 0 Å². The summed E-state index contributed by atoms with van der Waals surface area (Å²) in [6.07, 6.45) is 0. The van der Waals surface area contributed by atoms with Gasteiger partial charge in [-0.1, -0.05) is 0 Å². The number of hydrogen-bond donors (Lipinski definition) is 2. The Labute approximate surface area is 158 Å². The van der Waals surface area contributed by atoms with E-state index < -0.39 is 32.2 Å². The van der Waals surface area contributed by atoms with Crippen molar-refractivity contribution in [1.82, 2.24) is 0 Å². The molecule has 11 nitrogen and oxygen atoms in total. The molecule has 88 valence electrons. The Balaban J connectivity index is -0.000000105. The standard InChI is InChI=1S/K.Na.H2O8S2.H2O3S/c;;1-9(2,3)7-8-10(4,5)6;1-4(2)3/h;;(H,1,2,3)(H,4,5,6);(H2,1,2,3)/q2*+1;;/p-2. The fraction of sp³-hybridized carbons (Fsp3) is 0. The summed E-state index contributed by atoms with van der Waals surface area (Å²) in [7, 11) is -10.6. The van der Waals surface area contributed by atoms with Crippen LogP contribution in [0.1, 0.15) is 0 Å². The fourth-order valence-corrected chi connectivity index (χ4v) is 0.612. The minimum atomic E-state index is -5.31. The van der Waals surface area contributed by atoms with Gasteiger partial charge in [0.2, 0.25) is 20.8 Å². The molecular formula is H2KNaO11S3. The molecule has 0 unspecified atom stereocenters. The minimum Gasteiger partial charge on any atom is -0.724 e. The molecule has 0 aliphatic carbocycles. The van der Waals surface area contributed by atoms with Gasteiger partial charge < -0.3 is 9.11 Å². The molecule has 0 aromatic carbocycles. The van der Waals surface area contributed by atoms with Crippen molar-refractivity contribution in [1.29, 1.82) is 0 Å². The van der Waals surface area contributed by atoms with E-state index in [4.69, 9.17) is 13.3 Å². The SMILES string of the molecule is O=S(=O)([O-])OOS(=O)(=O)[O-].O=S(O)O.[K+].[Na+]. The summed E-state index contributed by atoms with van der Waals surface area (Å²) in [6.45, 7) is 0. The molecule has 16 heavy (non-hydrogen) atoms. The smallest absolute Gasteiger partial charge is 0.724 e. The zero-order valence-electron chi connectivity index (χ0n) is 7.79. The van der Waals surface area contributed by atoms with Crippen molar-refractivity contribution in [2.75, 3.05) is 0 Å². The van der Waals surface area contributed by atoms with E-state index in [1.165, 1.54) is 0 Å². The normalized spacial score (nSPS) is 10.6. The third kappa shape index (κ3) is 44.0. The van der Waals surface area contributed by atoms with Crippen LogP contribution in [0.15, 0.2) is 0 Å². The van der Waals surface area contributed by atoms with Crippen molar-refractivity contribution in [2.24, 2.45) is 0 Å². The van der Waals surface area contributed by atoms with Gasteiger partial charge in [-0.25, -0.2) is 16.8 Å². The summed E-state index contributed by atoms with van der Waals surface area (Å²) in [4.78, 5) is 0. The molecule has 0 bridgehead atoms. The van der Waals surface area contributed by atoms with Crippen LogP contribution in [0.5, 0.6) is 0 Å². The van der Waals surface area contributed by atoms with Gasteiger partial charge in [0, 0.05) is 0 Å². The van der Waals surface area contributed by atoms with Crippen LogP contribution in [0.4, 0.5) is 0 Å². The summed E-state index contributed by atoms with van der Waals surface area (Å²) in [5.74, 6) is 0. The van der Waals surface area contributed by atoms with Crippen LogP contribution in [0.2, 0.25) is 0 Å². The van der Waals surface area contributed by atoms with Crippen LogP contribution in [0, 0.1) is 0 Å². The first-order valence-corrected chi connectivity index (χ1v) is 5.76. The third-order valence-corrected chi connectivity index (χ3v) is 0.750. The van der Waals surface area contributed by atoms with Gasteiger partial charge >= 0.3 is 80.9 Å². The van der Waals surface area contributed by atoms with Gasteiger partial charge in [0.1, 0.15) is 0 Å². The second-order valence-corrected chi connectivity index (χ2v) is 3.55. The first-order chi connectivity index (χ1) is 5.94. The molecule has 0 aromatic rings. The van der Waals surface area contributed by atoms with Gasteiger partial charge in [0.15, 0.2) is 0 Å². The maximum Gasteiger partial charge on any atom is 1.00 e. The van der Waals surface area contributed by atoms with E-state index in [9.17, 15) is 25.9 Å². The van der Waals surface area contributed by atoms with Gasteiger partial charge in [-0.15, -0.1) is 8.67 Å². The Hall–Kier alpha value is 2.45. The largest absolute Gasteiger partial charge is 1.00 e. The molecule has 0 radical (unpaired) electrons. The molecule has 0 aliphatic rings. The summed E-state index contributed by atoms with van der Waals surface area (Å²) in [5.41, 5.74) is 0. The average Bonchev–Trinajstić information content (AvgIpc) is 1.79. The van der Waals surface area contributed by atoms with Crippen molar-refractivity contribution >= 4 is 32.2 Å². The Morgan fingerprint density at radius 1 is 0.938 bits per heavy atom. The van der Waals surface area contributed by atoms with Gasteiger partial charge in [-0.05, 0) is 0 Å². The maximum atomic E-state index is 9.37. The van der Waals surface area contributed by atoms with E-state index in [0.29, 0.717) is 0 Å². The zero-order valence-corrected chi connectivity index (χ0v) is 15.4. The predicted octanol–water partition coefficient (Wildman–Crippen LogP) is -8.46. The first-order valence-electron chi connectivity index (χ1n) is 2.03. The van der Waals surface area contributed by atoms with E-state index in [1.807, 2.05) is 0 Å². The molecule has 0 saturated carbocycles. The molecule has 0 saturated heterocycles. The molecule has 0 heterocycles. The Bertz CT molecular complexity index is 328. The van der Waals surface area contributed by atoms with Gasteiger partial charge in [0.25, 0.3) is 11.4 Å². The molecule has 0 rings (SSSR count). The summed E-state index contributed by atoms with van der Waals surface area (Å²) >= 11 is -2.61. The van der Waals surface area contributed by atoms with Crippen LogP contribution in [-0.2, 0) is 40.8 Å². The maximum absolute atomic E-state index is 9.37. The Kier molecular flexibility index (Phi) is 21.0. The van der Waals surface area contributed by atoms with Crippen molar-refractivity contribution < 1.29 is 129 Å². The van der Waals surface area contributed by atoms with Crippen LogP contribution in [-0.4, -0.2) is 39.3 Å². The van der Waals surface area contributed by atoms with E-state index in [0.717, 1.165) is 0 Å². The fourth-order valence-electron chi connectivity index (χ4n) is 0.0680. The van der Waals surface area contributed by atoms with E-state index in [1.54, 1.807) is 0 Å². The topological polar surface area (TPSA) is 190 Å². The zero-order chi connectivity index (χ0) is 12.0. The Morgan fingerprint density at radius 2 is 1.06 bits per heavy atom. The second kappa shape index (κ2) is 12.5. The monoisotopic (exact) mass is 336 g/mol. The third-order valence-electron chi connectivity index (χ3n) is 0.194.